The van der Waals surface area contributed by atoms with E-state index >= 15 is 0 Å². The van der Waals surface area contributed by atoms with Gasteiger partial charge in [-0.05, 0) is 29.6 Å². The first-order valence-electron chi connectivity index (χ1n) is 6.86. The van der Waals surface area contributed by atoms with Crippen LogP contribution in [0, 0.1) is 5.82 Å². The van der Waals surface area contributed by atoms with Crippen molar-refractivity contribution in [1.82, 2.24) is 14.5 Å². The number of rotatable bonds is 6. The molecule has 2 heterocycles. The fourth-order valence-corrected chi connectivity index (χ4v) is 3.83. The van der Waals surface area contributed by atoms with Gasteiger partial charge in [-0.15, -0.1) is 0 Å². The van der Waals surface area contributed by atoms with Gasteiger partial charge < -0.3 is 0 Å². The number of nitrogens with zero attached hydrogens (tertiary/aromatic N) is 2. The van der Waals surface area contributed by atoms with E-state index in [0.29, 0.717) is 6.54 Å². The first-order chi connectivity index (χ1) is 11.1. The second-order valence-corrected chi connectivity index (χ2v) is 7.32. The van der Waals surface area contributed by atoms with Crippen molar-refractivity contribution in [3.63, 3.8) is 0 Å². The van der Waals surface area contributed by atoms with Gasteiger partial charge in [0.2, 0.25) is 10.0 Å². The molecule has 3 aromatic rings. The molecule has 0 aliphatic carbocycles. The Morgan fingerprint density at radius 2 is 2.04 bits per heavy atom. The molecule has 3 rings (SSSR count). The molecule has 2 aromatic heterocycles. The maximum absolute atomic E-state index is 13.6. The van der Waals surface area contributed by atoms with E-state index in [0.717, 1.165) is 17.3 Å². The summed E-state index contributed by atoms with van der Waals surface area (Å²) in [6, 6.07) is 9.13. The molecule has 0 saturated heterocycles. The fourth-order valence-electron chi connectivity index (χ4n) is 2.09. The lowest BCUT2D eigenvalue weighted by atomic mass is 10.2. The third-order valence-corrected chi connectivity index (χ3v) is 5.39. The van der Waals surface area contributed by atoms with E-state index < -0.39 is 15.8 Å². The zero-order valence-corrected chi connectivity index (χ0v) is 13.6. The molecule has 0 atom stereocenters. The van der Waals surface area contributed by atoms with Gasteiger partial charge >= 0.3 is 0 Å². The second kappa shape index (κ2) is 6.61. The number of thiophene rings is 1. The predicted octanol–water partition coefficient (Wildman–Crippen LogP) is 2.73. The highest BCUT2D eigenvalue weighted by molar-refractivity contribution is 7.89. The number of benzene rings is 1. The summed E-state index contributed by atoms with van der Waals surface area (Å²) in [7, 11) is -3.86. The van der Waals surface area contributed by atoms with E-state index in [2.05, 4.69) is 9.82 Å². The largest absolute Gasteiger partial charge is 0.271 e. The summed E-state index contributed by atoms with van der Waals surface area (Å²) in [6.45, 7) is 0.485. The minimum atomic E-state index is -3.86. The minimum Gasteiger partial charge on any atom is -0.271 e. The number of halogens is 1. The van der Waals surface area contributed by atoms with Crippen LogP contribution in [0.5, 0.6) is 0 Å². The highest BCUT2D eigenvalue weighted by Gasteiger charge is 2.17. The predicted molar refractivity (Wildman–Crippen MR) is 87.1 cm³/mol. The average Bonchev–Trinajstić information content (AvgIpc) is 3.18. The van der Waals surface area contributed by atoms with Crippen molar-refractivity contribution in [1.29, 1.82) is 0 Å². The van der Waals surface area contributed by atoms with Crippen LogP contribution in [-0.2, 0) is 16.6 Å². The second-order valence-electron chi connectivity index (χ2n) is 4.80. The molecule has 5 nitrogen and oxygen atoms in total. The molecule has 0 amide bonds. The Morgan fingerprint density at radius 3 is 2.78 bits per heavy atom. The molecule has 0 aliphatic rings. The van der Waals surface area contributed by atoms with Crippen LogP contribution >= 0.6 is 11.3 Å². The standard InChI is InChI=1S/C15H14FN3O2S2/c16-13-3-1-2-4-15(13)23(20,21)17-7-9-19-8-5-14(18-19)12-6-10-22-11-12/h1-6,8,10-11,17H,7,9H2. The maximum atomic E-state index is 13.6. The first-order valence-corrected chi connectivity index (χ1v) is 9.29. The number of nitrogens with one attached hydrogen (secondary N) is 1. The number of hydrogen-bond acceptors (Lipinski definition) is 4. The van der Waals surface area contributed by atoms with Gasteiger partial charge in [0.05, 0.1) is 12.2 Å². The van der Waals surface area contributed by atoms with Crippen molar-refractivity contribution in [2.24, 2.45) is 0 Å². The molecule has 0 spiro atoms. The van der Waals surface area contributed by atoms with E-state index in [9.17, 15) is 12.8 Å². The Bertz CT molecular complexity index is 889. The summed E-state index contributed by atoms with van der Waals surface area (Å²) in [4.78, 5) is -0.348. The molecule has 1 N–H and O–H groups in total. The van der Waals surface area contributed by atoms with Crippen LogP contribution in [0.3, 0.4) is 0 Å². The molecule has 0 unspecified atom stereocenters. The molecule has 0 saturated carbocycles. The molecule has 8 heteroatoms. The van der Waals surface area contributed by atoms with Gasteiger partial charge in [0.25, 0.3) is 0 Å². The van der Waals surface area contributed by atoms with Crippen LogP contribution in [0.4, 0.5) is 4.39 Å². The average molecular weight is 351 g/mol. The number of hydrogen-bond donors (Lipinski definition) is 1. The Labute approximate surface area is 137 Å². The van der Waals surface area contributed by atoms with E-state index in [4.69, 9.17) is 0 Å². The molecular formula is C15H14FN3O2S2. The Kier molecular flexibility index (Phi) is 4.56. The third kappa shape index (κ3) is 3.66. The summed E-state index contributed by atoms with van der Waals surface area (Å²) in [6.07, 6.45) is 1.78. The lowest BCUT2D eigenvalue weighted by Gasteiger charge is -2.07. The van der Waals surface area contributed by atoms with Gasteiger partial charge in [-0.25, -0.2) is 17.5 Å². The smallest absolute Gasteiger partial charge is 0.243 e. The molecule has 120 valence electrons. The summed E-state index contributed by atoms with van der Waals surface area (Å²) in [5.74, 6) is -0.765. The zero-order chi connectivity index (χ0) is 16.3. The van der Waals surface area contributed by atoms with Gasteiger partial charge in [-0.1, -0.05) is 12.1 Å². The Morgan fingerprint density at radius 1 is 1.22 bits per heavy atom. The highest BCUT2D eigenvalue weighted by Crippen LogP contribution is 2.19. The fraction of sp³-hybridized carbons (Fsp3) is 0.133. The van der Waals surface area contributed by atoms with Gasteiger partial charge in [-0.3, -0.25) is 4.68 Å². The van der Waals surface area contributed by atoms with Crippen molar-refractivity contribution in [3.05, 3.63) is 59.2 Å². The Hall–Kier alpha value is -2.03. The van der Waals surface area contributed by atoms with Crippen LogP contribution in [0.2, 0.25) is 0 Å². The first kappa shape index (κ1) is 15.9. The van der Waals surface area contributed by atoms with Crippen LogP contribution < -0.4 is 4.72 Å². The van der Waals surface area contributed by atoms with E-state index in [1.807, 2.05) is 22.9 Å². The zero-order valence-electron chi connectivity index (χ0n) is 12.0. The van der Waals surface area contributed by atoms with Crippen LogP contribution in [0.15, 0.2) is 58.3 Å². The van der Waals surface area contributed by atoms with E-state index in [-0.39, 0.29) is 11.4 Å². The van der Waals surface area contributed by atoms with Crippen LogP contribution in [0.25, 0.3) is 11.3 Å². The summed E-state index contributed by atoms with van der Waals surface area (Å²) in [5.41, 5.74) is 1.86. The van der Waals surface area contributed by atoms with Gasteiger partial charge in [-0.2, -0.15) is 16.4 Å². The van der Waals surface area contributed by atoms with E-state index in [1.54, 1.807) is 22.2 Å². The van der Waals surface area contributed by atoms with Crippen LogP contribution in [-0.4, -0.2) is 24.7 Å². The van der Waals surface area contributed by atoms with Crippen LogP contribution in [0.1, 0.15) is 0 Å². The quantitative estimate of drug-likeness (QED) is 0.743. The lowest BCUT2D eigenvalue weighted by Crippen LogP contribution is -2.28. The molecule has 23 heavy (non-hydrogen) atoms. The third-order valence-electron chi connectivity index (χ3n) is 3.22. The van der Waals surface area contributed by atoms with Crippen molar-refractivity contribution < 1.29 is 12.8 Å². The van der Waals surface area contributed by atoms with Crippen molar-refractivity contribution in [2.75, 3.05) is 6.54 Å². The molecule has 0 fully saturated rings. The van der Waals surface area contributed by atoms with Gasteiger partial charge in [0.1, 0.15) is 10.7 Å². The summed E-state index contributed by atoms with van der Waals surface area (Å²) >= 11 is 1.59. The van der Waals surface area contributed by atoms with Crippen molar-refractivity contribution in [2.45, 2.75) is 11.4 Å². The molecule has 0 bridgehead atoms. The molecule has 1 aromatic carbocycles. The maximum Gasteiger partial charge on any atom is 0.243 e. The number of sulfonamides is 1. The topological polar surface area (TPSA) is 64.0 Å². The summed E-state index contributed by atoms with van der Waals surface area (Å²) in [5, 5.41) is 8.34. The SMILES string of the molecule is O=S(=O)(NCCn1ccc(-c2ccsc2)n1)c1ccccc1F. The normalized spacial score (nSPS) is 11.7. The minimum absolute atomic E-state index is 0.126. The molecule has 0 radical (unpaired) electrons. The highest BCUT2D eigenvalue weighted by atomic mass is 32.2. The lowest BCUT2D eigenvalue weighted by molar-refractivity contribution is 0.545. The summed E-state index contributed by atoms with van der Waals surface area (Å²) < 4.78 is 41.7. The number of aromatic nitrogens is 2. The van der Waals surface area contributed by atoms with E-state index in [1.165, 1.54) is 18.2 Å². The van der Waals surface area contributed by atoms with Crippen molar-refractivity contribution in [3.8, 4) is 11.3 Å². The van der Waals surface area contributed by atoms with Gasteiger partial charge in [0, 0.05) is 23.7 Å². The van der Waals surface area contributed by atoms with Crippen molar-refractivity contribution >= 4 is 21.4 Å². The monoisotopic (exact) mass is 351 g/mol. The molecular weight excluding hydrogens is 337 g/mol. The molecule has 0 aliphatic heterocycles. The van der Waals surface area contributed by atoms with Gasteiger partial charge in [0.15, 0.2) is 0 Å². The Balaban J connectivity index is 1.62.